The van der Waals surface area contributed by atoms with Crippen LogP contribution in [-0.2, 0) is 10.2 Å². The van der Waals surface area contributed by atoms with E-state index in [1.807, 2.05) is 19.1 Å². The van der Waals surface area contributed by atoms with Crippen LogP contribution < -0.4 is 5.32 Å². The predicted molar refractivity (Wildman–Crippen MR) is 115 cm³/mol. The van der Waals surface area contributed by atoms with Crippen molar-refractivity contribution in [2.45, 2.75) is 25.2 Å². The maximum atomic E-state index is 13.9. The Kier molecular flexibility index (Phi) is 5.90. The van der Waals surface area contributed by atoms with E-state index in [1.165, 1.54) is 18.2 Å². The molecular formula is C23H23FN4O3. The zero-order valence-corrected chi connectivity index (χ0v) is 17.2. The number of non-ortho nitro benzene ring substituents is 1. The topological polar surface area (TPSA) is 90.2 Å². The molecular weight excluding hydrogens is 399 g/mol. The van der Waals surface area contributed by atoms with Crippen molar-refractivity contribution >= 4 is 11.5 Å². The van der Waals surface area contributed by atoms with Gasteiger partial charge in [0.25, 0.3) is 5.69 Å². The number of halogens is 1. The van der Waals surface area contributed by atoms with Gasteiger partial charge in [-0.15, -0.1) is 0 Å². The molecule has 0 atom stereocenters. The Bertz CT molecular complexity index is 1100. The second-order valence-corrected chi connectivity index (χ2v) is 7.78. The first-order chi connectivity index (χ1) is 14.9. The van der Waals surface area contributed by atoms with Gasteiger partial charge >= 0.3 is 0 Å². The lowest BCUT2D eigenvalue weighted by atomic mass is 9.74. The number of nitrogens with zero attached hydrogens (tertiary/aromatic N) is 3. The molecule has 3 aromatic rings. The van der Waals surface area contributed by atoms with Gasteiger partial charge in [-0.05, 0) is 37.5 Å². The molecule has 1 saturated heterocycles. The van der Waals surface area contributed by atoms with Crippen molar-refractivity contribution in [1.29, 1.82) is 0 Å². The Labute approximate surface area is 179 Å². The van der Waals surface area contributed by atoms with Crippen LogP contribution in [-0.4, -0.2) is 34.6 Å². The van der Waals surface area contributed by atoms with Gasteiger partial charge < -0.3 is 10.1 Å². The number of rotatable bonds is 6. The summed E-state index contributed by atoms with van der Waals surface area (Å²) in [5, 5.41) is 14.5. The Hall–Kier alpha value is -3.39. The SMILES string of the molecule is Cc1cc(NCC2(c3cccc(F)c3)CCOCC2)nc(-c2cccc([N+](=O)[O-])c2)n1. The smallest absolute Gasteiger partial charge is 0.270 e. The molecule has 1 aliphatic heterocycles. The van der Waals surface area contributed by atoms with Gasteiger partial charge in [-0.1, -0.05) is 24.3 Å². The number of nitrogens with one attached hydrogen (secondary N) is 1. The molecule has 1 fully saturated rings. The fourth-order valence-electron chi connectivity index (χ4n) is 3.95. The van der Waals surface area contributed by atoms with Crippen LogP contribution >= 0.6 is 0 Å². The molecule has 8 heteroatoms. The third-order valence-electron chi connectivity index (χ3n) is 5.66. The predicted octanol–water partition coefficient (Wildman–Crippen LogP) is 4.66. The maximum absolute atomic E-state index is 13.9. The molecule has 0 radical (unpaired) electrons. The van der Waals surface area contributed by atoms with Crippen molar-refractivity contribution in [2.24, 2.45) is 0 Å². The summed E-state index contributed by atoms with van der Waals surface area (Å²) >= 11 is 0. The van der Waals surface area contributed by atoms with Gasteiger partial charge in [-0.3, -0.25) is 10.1 Å². The Morgan fingerprint density at radius 2 is 1.90 bits per heavy atom. The summed E-state index contributed by atoms with van der Waals surface area (Å²) in [5.74, 6) is 0.781. The van der Waals surface area contributed by atoms with E-state index in [9.17, 15) is 14.5 Å². The monoisotopic (exact) mass is 422 g/mol. The first kappa shape index (κ1) is 20.9. The molecule has 0 unspecified atom stereocenters. The molecule has 0 bridgehead atoms. The van der Waals surface area contributed by atoms with Crippen molar-refractivity contribution in [3.05, 3.63) is 81.8 Å². The van der Waals surface area contributed by atoms with Crippen LogP contribution in [0.15, 0.2) is 54.6 Å². The van der Waals surface area contributed by atoms with E-state index in [-0.39, 0.29) is 16.9 Å². The van der Waals surface area contributed by atoms with Crippen molar-refractivity contribution in [3.8, 4) is 11.4 Å². The summed E-state index contributed by atoms with van der Waals surface area (Å²) < 4.78 is 19.5. The molecule has 1 aliphatic rings. The summed E-state index contributed by atoms with van der Waals surface area (Å²) in [4.78, 5) is 19.7. The summed E-state index contributed by atoms with van der Waals surface area (Å²) in [6, 6.07) is 14.8. The summed E-state index contributed by atoms with van der Waals surface area (Å²) in [5.41, 5.74) is 1.97. The van der Waals surface area contributed by atoms with Gasteiger partial charge in [0.1, 0.15) is 11.6 Å². The van der Waals surface area contributed by atoms with Crippen LogP contribution in [0.4, 0.5) is 15.9 Å². The number of nitro groups is 1. The molecule has 160 valence electrons. The van der Waals surface area contributed by atoms with Crippen LogP contribution in [0.25, 0.3) is 11.4 Å². The van der Waals surface area contributed by atoms with Crippen molar-refractivity contribution in [3.63, 3.8) is 0 Å². The van der Waals surface area contributed by atoms with Gasteiger partial charge in [0.2, 0.25) is 0 Å². The third-order valence-corrected chi connectivity index (χ3v) is 5.66. The standard InChI is InChI=1S/C23H23FN4O3/c1-16-12-21(27-22(26-16)17-4-2-7-20(13-17)28(29)30)25-15-23(8-10-31-11-9-23)18-5-3-6-19(24)14-18/h2-7,12-14H,8-11,15H2,1H3,(H,25,26,27). The highest BCUT2D eigenvalue weighted by atomic mass is 19.1. The van der Waals surface area contributed by atoms with Gasteiger partial charge in [-0.2, -0.15) is 0 Å². The average Bonchev–Trinajstić information content (AvgIpc) is 2.78. The van der Waals surface area contributed by atoms with Crippen LogP contribution in [0.1, 0.15) is 24.1 Å². The summed E-state index contributed by atoms with van der Waals surface area (Å²) in [6.07, 6.45) is 1.54. The normalized spacial score (nSPS) is 15.4. The number of benzene rings is 2. The average molecular weight is 422 g/mol. The minimum absolute atomic E-state index is 0.00984. The molecule has 2 aromatic carbocycles. The van der Waals surface area contributed by atoms with Gasteiger partial charge in [0, 0.05) is 54.6 Å². The molecule has 0 aliphatic carbocycles. The largest absolute Gasteiger partial charge is 0.381 e. The zero-order chi connectivity index (χ0) is 21.8. The van der Waals surface area contributed by atoms with Crippen LogP contribution in [0, 0.1) is 22.9 Å². The Morgan fingerprint density at radius 1 is 1.13 bits per heavy atom. The summed E-state index contributed by atoms with van der Waals surface area (Å²) in [7, 11) is 0. The molecule has 1 aromatic heterocycles. The zero-order valence-electron chi connectivity index (χ0n) is 17.2. The number of aromatic nitrogens is 2. The van der Waals surface area contributed by atoms with Gasteiger partial charge in [0.15, 0.2) is 5.82 Å². The number of hydrogen-bond donors (Lipinski definition) is 1. The maximum Gasteiger partial charge on any atom is 0.270 e. The first-order valence-corrected chi connectivity index (χ1v) is 10.1. The molecule has 0 saturated carbocycles. The van der Waals surface area contributed by atoms with Crippen molar-refractivity contribution < 1.29 is 14.1 Å². The minimum atomic E-state index is -0.438. The van der Waals surface area contributed by atoms with Crippen LogP contribution in [0.5, 0.6) is 0 Å². The molecule has 1 N–H and O–H groups in total. The van der Waals surface area contributed by atoms with Gasteiger partial charge in [-0.25, -0.2) is 14.4 Å². The molecule has 0 spiro atoms. The molecule has 4 rings (SSSR count). The first-order valence-electron chi connectivity index (χ1n) is 10.1. The number of aryl methyl sites for hydroxylation is 1. The second kappa shape index (κ2) is 8.77. The quantitative estimate of drug-likeness (QED) is 0.459. The highest BCUT2D eigenvalue weighted by molar-refractivity contribution is 5.61. The van der Waals surface area contributed by atoms with E-state index in [2.05, 4.69) is 15.3 Å². The van der Waals surface area contributed by atoms with E-state index in [1.54, 1.807) is 24.3 Å². The van der Waals surface area contributed by atoms with Crippen molar-refractivity contribution in [1.82, 2.24) is 9.97 Å². The number of hydrogen-bond acceptors (Lipinski definition) is 6. The van der Waals surface area contributed by atoms with E-state index in [0.717, 1.165) is 24.1 Å². The highest BCUT2D eigenvalue weighted by Crippen LogP contribution is 2.35. The Balaban J connectivity index is 1.61. The van der Waals surface area contributed by atoms with Crippen LogP contribution in [0.3, 0.4) is 0 Å². The molecule has 31 heavy (non-hydrogen) atoms. The third kappa shape index (κ3) is 4.69. The lowest BCUT2D eigenvalue weighted by molar-refractivity contribution is -0.384. The summed E-state index contributed by atoms with van der Waals surface area (Å²) in [6.45, 7) is 3.63. The number of nitro benzene ring substituents is 1. The fraction of sp³-hybridized carbons (Fsp3) is 0.304. The highest BCUT2D eigenvalue weighted by Gasteiger charge is 2.34. The molecule has 2 heterocycles. The molecule has 7 nitrogen and oxygen atoms in total. The van der Waals surface area contributed by atoms with E-state index < -0.39 is 4.92 Å². The Morgan fingerprint density at radius 3 is 2.65 bits per heavy atom. The van der Waals surface area contributed by atoms with Gasteiger partial charge in [0.05, 0.1) is 4.92 Å². The molecule has 0 amide bonds. The van der Waals surface area contributed by atoms with E-state index >= 15 is 0 Å². The number of ether oxygens (including phenoxy) is 1. The van der Waals surface area contributed by atoms with Crippen molar-refractivity contribution in [2.75, 3.05) is 25.1 Å². The van der Waals surface area contributed by atoms with E-state index in [0.29, 0.717) is 37.0 Å². The van der Waals surface area contributed by atoms with E-state index in [4.69, 9.17) is 4.74 Å². The fourth-order valence-corrected chi connectivity index (χ4v) is 3.95. The lowest BCUT2D eigenvalue weighted by Gasteiger charge is -2.38. The number of anilines is 1. The lowest BCUT2D eigenvalue weighted by Crippen LogP contribution is -2.40. The second-order valence-electron chi connectivity index (χ2n) is 7.78. The van der Waals surface area contributed by atoms with Crippen LogP contribution in [0.2, 0.25) is 0 Å². The minimum Gasteiger partial charge on any atom is -0.381 e.